The average molecular weight is 213 g/mol. The zero-order valence-corrected chi connectivity index (χ0v) is 10.5. The lowest BCUT2D eigenvalue weighted by atomic mass is 9.83. The molecule has 0 saturated carbocycles. The van der Waals surface area contributed by atoms with Crippen LogP contribution in [-0.2, 0) is 0 Å². The molecule has 1 saturated heterocycles. The van der Waals surface area contributed by atoms with Crippen molar-refractivity contribution >= 4 is 0 Å². The van der Waals surface area contributed by atoms with Crippen molar-refractivity contribution in [3.8, 4) is 0 Å². The van der Waals surface area contributed by atoms with Crippen molar-refractivity contribution in [2.45, 2.75) is 65.0 Å². The Bertz CT molecular complexity index is 172. The monoisotopic (exact) mass is 213 g/mol. The molecular weight excluding hydrogens is 186 g/mol. The molecule has 15 heavy (non-hydrogen) atoms. The van der Waals surface area contributed by atoms with E-state index in [-0.39, 0.29) is 6.10 Å². The third kappa shape index (κ3) is 3.76. The van der Waals surface area contributed by atoms with Crippen LogP contribution >= 0.6 is 0 Å². The second-order valence-electron chi connectivity index (χ2n) is 5.12. The van der Waals surface area contributed by atoms with Gasteiger partial charge in [0.25, 0.3) is 0 Å². The van der Waals surface area contributed by atoms with E-state index < -0.39 is 0 Å². The Hall–Kier alpha value is -0.0800. The molecule has 2 nitrogen and oxygen atoms in total. The minimum atomic E-state index is -0.153. The summed E-state index contributed by atoms with van der Waals surface area (Å²) < 4.78 is 0. The zero-order valence-electron chi connectivity index (χ0n) is 10.5. The van der Waals surface area contributed by atoms with Gasteiger partial charge in [0.1, 0.15) is 0 Å². The molecule has 1 aliphatic heterocycles. The molecule has 0 aliphatic carbocycles. The van der Waals surface area contributed by atoms with Gasteiger partial charge in [-0.15, -0.1) is 0 Å². The maximum absolute atomic E-state index is 10.2. The number of aliphatic hydroxyl groups is 1. The molecule has 0 aromatic heterocycles. The molecule has 0 aromatic rings. The van der Waals surface area contributed by atoms with Gasteiger partial charge < -0.3 is 10.4 Å². The Morgan fingerprint density at radius 2 is 2.13 bits per heavy atom. The Labute approximate surface area is 94.5 Å². The van der Waals surface area contributed by atoms with E-state index in [4.69, 9.17) is 0 Å². The fourth-order valence-corrected chi connectivity index (χ4v) is 2.69. The first-order valence-electron chi connectivity index (χ1n) is 6.60. The molecule has 0 amide bonds. The molecular formula is C13H27NO. The van der Waals surface area contributed by atoms with Crippen molar-refractivity contribution in [3.63, 3.8) is 0 Å². The Morgan fingerprint density at radius 3 is 2.73 bits per heavy atom. The smallest absolute Gasteiger partial charge is 0.0718 e. The first-order chi connectivity index (χ1) is 7.19. The van der Waals surface area contributed by atoms with Gasteiger partial charge in [0.2, 0.25) is 0 Å². The molecule has 0 aromatic carbocycles. The summed E-state index contributed by atoms with van der Waals surface area (Å²) in [6.07, 6.45) is 5.85. The van der Waals surface area contributed by atoms with Crippen LogP contribution in [0, 0.1) is 11.8 Å². The van der Waals surface area contributed by atoms with Crippen molar-refractivity contribution in [3.05, 3.63) is 0 Å². The molecule has 0 radical (unpaired) electrons. The number of aliphatic hydroxyl groups excluding tert-OH is 1. The van der Waals surface area contributed by atoms with Gasteiger partial charge in [0.05, 0.1) is 6.10 Å². The molecule has 1 heterocycles. The van der Waals surface area contributed by atoms with Gasteiger partial charge in [-0.25, -0.2) is 0 Å². The second kappa shape index (κ2) is 6.49. The summed E-state index contributed by atoms with van der Waals surface area (Å²) in [6.45, 7) is 7.70. The van der Waals surface area contributed by atoms with Crippen LogP contribution in [0.5, 0.6) is 0 Å². The third-order valence-corrected chi connectivity index (χ3v) is 3.86. The minimum absolute atomic E-state index is 0.153. The Balaban J connectivity index is 2.40. The van der Waals surface area contributed by atoms with Gasteiger partial charge in [0.15, 0.2) is 0 Å². The van der Waals surface area contributed by atoms with E-state index in [1.54, 1.807) is 0 Å². The summed E-state index contributed by atoms with van der Waals surface area (Å²) in [5, 5.41) is 13.7. The molecule has 1 aliphatic rings. The summed E-state index contributed by atoms with van der Waals surface area (Å²) in [5.74, 6) is 1.25. The van der Waals surface area contributed by atoms with Crippen LogP contribution in [0.25, 0.3) is 0 Å². The normalized spacial score (nSPS) is 31.2. The quantitative estimate of drug-likeness (QED) is 0.735. The molecule has 90 valence electrons. The van der Waals surface area contributed by atoms with Crippen molar-refractivity contribution in [2.75, 3.05) is 6.54 Å². The lowest BCUT2D eigenvalue weighted by molar-refractivity contribution is 0.0509. The van der Waals surface area contributed by atoms with Crippen molar-refractivity contribution in [1.82, 2.24) is 5.32 Å². The first-order valence-corrected chi connectivity index (χ1v) is 6.60. The van der Waals surface area contributed by atoms with Crippen LogP contribution in [-0.4, -0.2) is 23.8 Å². The van der Waals surface area contributed by atoms with Gasteiger partial charge in [-0.1, -0.05) is 33.6 Å². The number of piperidine rings is 1. The van der Waals surface area contributed by atoms with E-state index in [9.17, 15) is 5.11 Å². The maximum Gasteiger partial charge on any atom is 0.0718 e. The van der Waals surface area contributed by atoms with E-state index >= 15 is 0 Å². The molecule has 1 rings (SSSR count). The molecule has 0 bridgehead atoms. The van der Waals surface area contributed by atoms with E-state index in [0.717, 1.165) is 25.3 Å². The number of rotatable bonds is 5. The molecule has 4 atom stereocenters. The molecule has 2 N–H and O–H groups in total. The lowest BCUT2D eigenvalue weighted by Gasteiger charge is -2.35. The van der Waals surface area contributed by atoms with Gasteiger partial charge in [0, 0.05) is 6.04 Å². The van der Waals surface area contributed by atoms with E-state index in [2.05, 4.69) is 26.1 Å². The lowest BCUT2D eigenvalue weighted by Crippen LogP contribution is -2.48. The van der Waals surface area contributed by atoms with Crippen LogP contribution < -0.4 is 5.32 Å². The van der Waals surface area contributed by atoms with Crippen molar-refractivity contribution < 1.29 is 5.11 Å². The zero-order chi connectivity index (χ0) is 11.3. The topological polar surface area (TPSA) is 32.3 Å². The minimum Gasteiger partial charge on any atom is -0.391 e. The largest absolute Gasteiger partial charge is 0.391 e. The SMILES string of the molecule is CCCC(C)C(O)C1CC(CC)CCN1. The summed E-state index contributed by atoms with van der Waals surface area (Å²) >= 11 is 0. The summed E-state index contributed by atoms with van der Waals surface area (Å²) in [5.41, 5.74) is 0. The highest BCUT2D eigenvalue weighted by atomic mass is 16.3. The summed E-state index contributed by atoms with van der Waals surface area (Å²) in [6, 6.07) is 0.338. The molecule has 0 spiro atoms. The molecule has 1 fully saturated rings. The van der Waals surface area contributed by atoms with Crippen molar-refractivity contribution in [1.29, 1.82) is 0 Å². The third-order valence-electron chi connectivity index (χ3n) is 3.86. The van der Waals surface area contributed by atoms with Gasteiger partial charge in [-0.2, -0.15) is 0 Å². The fourth-order valence-electron chi connectivity index (χ4n) is 2.69. The standard InChI is InChI=1S/C13H27NO/c1-4-6-10(3)13(15)12-9-11(5-2)7-8-14-12/h10-15H,4-9H2,1-3H3. The average Bonchev–Trinajstić information content (AvgIpc) is 2.28. The van der Waals surface area contributed by atoms with Gasteiger partial charge >= 0.3 is 0 Å². The second-order valence-corrected chi connectivity index (χ2v) is 5.12. The molecule has 4 unspecified atom stereocenters. The highest BCUT2D eigenvalue weighted by Gasteiger charge is 2.28. The van der Waals surface area contributed by atoms with Crippen LogP contribution in [0.15, 0.2) is 0 Å². The van der Waals surface area contributed by atoms with E-state index in [1.165, 1.54) is 19.3 Å². The van der Waals surface area contributed by atoms with E-state index in [1.807, 2.05) is 0 Å². The fraction of sp³-hybridized carbons (Fsp3) is 1.00. The van der Waals surface area contributed by atoms with Crippen LogP contribution in [0.1, 0.15) is 52.9 Å². The number of hydrogen-bond donors (Lipinski definition) is 2. The van der Waals surface area contributed by atoms with Crippen LogP contribution in [0.4, 0.5) is 0 Å². The number of nitrogens with one attached hydrogen (secondary N) is 1. The van der Waals surface area contributed by atoms with Crippen LogP contribution in [0.3, 0.4) is 0 Å². The predicted molar refractivity (Wildman–Crippen MR) is 64.9 cm³/mol. The first kappa shape index (κ1) is 13.0. The summed E-state index contributed by atoms with van der Waals surface area (Å²) in [4.78, 5) is 0. The highest BCUT2D eigenvalue weighted by molar-refractivity contribution is 4.85. The van der Waals surface area contributed by atoms with Gasteiger partial charge in [-0.05, 0) is 37.6 Å². The van der Waals surface area contributed by atoms with Crippen molar-refractivity contribution in [2.24, 2.45) is 11.8 Å². The number of hydrogen-bond acceptors (Lipinski definition) is 2. The van der Waals surface area contributed by atoms with E-state index in [0.29, 0.717) is 12.0 Å². The Kier molecular flexibility index (Phi) is 5.62. The maximum atomic E-state index is 10.2. The van der Waals surface area contributed by atoms with Crippen LogP contribution in [0.2, 0.25) is 0 Å². The summed E-state index contributed by atoms with van der Waals surface area (Å²) in [7, 11) is 0. The molecule has 2 heteroatoms. The highest BCUT2D eigenvalue weighted by Crippen LogP contribution is 2.24. The van der Waals surface area contributed by atoms with Gasteiger partial charge in [-0.3, -0.25) is 0 Å². The predicted octanol–water partition coefficient (Wildman–Crippen LogP) is 2.56. The Morgan fingerprint density at radius 1 is 1.40 bits per heavy atom.